The Morgan fingerprint density at radius 2 is 0.895 bits per heavy atom. The van der Waals surface area contributed by atoms with Gasteiger partial charge in [-0.3, -0.25) is 0 Å². The van der Waals surface area contributed by atoms with Crippen molar-refractivity contribution in [2.45, 2.75) is 39.4 Å². The van der Waals surface area contributed by atoms with Crippen molar-refractivity contribution in [3.05, 3.63) is 144 Å². The van der Waals surface area contributed by atoms with Crippen LogP contribution in [0.15, 0.2) is 110 Å². The Labute approximate surface area is 244 Å². The Morgan fingerprint density at radius 1 is 0.526 bits per heavy atom. The Bertz CT molecular complexity index is 1300. The van der Waals surface area contributed by atoms with Crippen LogP contribution in [0.2, 0.25) is 0 Å². The van der Waals surface area contributed by atoms with Gasteiger partial charge in [0.2, 0.25) is 12.7 Å². The van der Waals surface area contributed by atoms with E-state index in [2.05, 4.69) is 104 Å². The summed E-state index contributed by atoms with van der Waals surface area (Å²) in [5.74, 6) is 0. The smallest absolute Gasteiger partial charge is 0.244 e. The largest absolute Gasteiger partial charge is 1.00 e. The van der Waals surface area contributed by atoms with Gasteiger partial charge in [0.15, 0.2) is 0 Å². The number of aliphatic hydroxyl groups is 2. The highest BCUT2D eigenvalue weighted by molar-refractivity contribution is 5.28. The first-order valence-corrected chi connectivity index (χ1v) is 12.2. The summed E-state index contributed by atoms with van der Waals surface area (Å²) in [7, 11) is 0. The lowest BCUT2D eigenvalue weighted by Crippen LogP contribution is -3.00. The van der Waals surface area contributed by atoms with E-state index < -0.39 is 0 Å². The van der Waals surface area contributed by atoms with Gasteiger partial charge in [-0.1, -0.05) is 72.8 Å². The molecule has 0 aliphatic rings. The molecule has 5 rings (SSSR count). The van der Waals surface area contributed by atoms with Crippen molar-refractivity contribution in [3.63, 3.8) is 0 Å². The SMILES string of the molecule is OCc1ccc(C[n+]2ccn(Cc3ccccc3Cn3cc[n+](Cc4ccc(CO)cc4)c3)c2)cc1.[Br-].[Br-]. The summed E-state index contributed by atoms with van der Waals surface area (Å²) in [5.41, 5.74) is 6.88. The second-order valence-corrected chi connectivity index (χ2v) is 9.23. The molecule has 0 spiro atoms. The molecule has 0 saturated heterocycles. The number of halogens is 2. The molecule has 0 radical (unpaired) electrons. The predicted octanol–water partition coefficient (Wildman–Crippen LogP) is -2.95. The van der Waals surface area contributed by atoms with Crippen LogP contribution in [0.1, 0.15) is 33.4 Å². The zero-order chi connectivity index (χ0) is 24.7. The fourth-order valence-electron chi connectivity index (χ4n) is 4.43. The van der Waals surface area contributed by atoms with Crippen LogP contribution in [0.5, 0.6) is 0 Å². The molecule has 3 aromatic carbocycles. The monoisotopic (exact) mass is 638 g/mol. The Balaban J connectivity index is 0.00000200. The average Bonchev–Trinajstić information content (AvgIpc) is 3.55. The summed E-state index contributed by atoms with van der Waals surface area (Å²) in [6.07, 6.45) is 12.7. The molecule has 0 bridgehead atoms. The van der Waals surface area contributed by atoms with Crippen LogP contribution < -0.4 is 43.1 Å². The lowest BCUT2D eigenvalue weighted by Gasteiger charge is -2.06. The van der Waals surface area contributed by atoms with Gasteiger partial charge in [-0.25, -0.2) is 18.3 Å². The molecular weight excluding hydrogens is 608 g/mol. The van der Waals surface area contributed by atoms with Crippen LogP contribution in [-0.4, -0.2) is 19.3 Å². The normalized spacial score (nSPS) is 10.6. The van der Waals surface area contributed by atoms with E-state index in [4.69, 9.17) is 0 Å². The Kier molecular flexibility index (Phi) is 11.0. The molecular formula is C30H32Br2N4O2. The molecule has 0 unspecified atom stereocenters. The summed E-state index contributed by atoms with van der Waals surface area (Å²) >= 11 is 0. The van der Waals surface area contributed by atoms with E-state index in [9.17, 15) is 10.2 Å². The number of nitrogens with zero attached hydrogens (tertiary/aromatic N) is 4. The molecule has 0 aliphatic carbocycles. The van der Waals surface area contributed by atoms with Crippen molar-refractivity contribution in [2.75, 3.05) is 0 Å². The van der Waals surface area contributed by atoms with Gasteiger partial charge in [0.05, 0.1) is 13.2 Å². The fourth-order valence-corrected chi connectivity index (χ4v) is 4.43. The summed E-state index contributed by atoms with van der Waals surface area (Å²) in [6, 6.07) is 24.8. The van der Waals surface area contributed by atoms with E-state index >= 15 is 0 Å². The van der Waals surface area contributed by atoms with Gasteiger partial charge in [0.25, 0.3) is 0 Å². The Hall–Kier alpha value is -3.04. The first-order valence-electron chi connectivity index (χ1n) is 12.2. The summed E-state index contributed by atoms with van der Waals surface area (Å²) in [6.45, 7) is 3.37. The van der Waals surface area contributed by atoms with Gasteiger partial charge in [-0.15, -0.1) is 0 Å². The van der Waals surface area contributed by atoms with Crippen LogP contribution in [0.25, 0.3) is 0 Å². The predicted molar refractivity (Wildman–Crippen MR) is 137 cm³/mol. The third-order valence-corrected chi connectivity index (χ3v) is 6.46. The molecule has 2 heterocycles. The van der Waals surface area contributed by atoms with E-state index in [0.29, 0.717) is 0 Å². The maximum Gasteiger partial charge on any atom is 0.244 e. The molecule has 0 fully saturated rings. The molecule has 0 aliphatic heterocycles. The maximum absolute atomic E-state index is 9.24. The molecule has 38 heavy (non-hydrogen) atoms. The van der Waals surface area contributed by atoms with Crippen molar-refractivity contribution in [1.29, 1.82) is 0 Å². The Morgan fingerprint density at radius 3 is 1.26 bits per heavy atom. The molecule has 2 N–H and O–H groups in total. The number of aromatic nitrogens is 4. The van der Waals surface area contributed by atoms with Crippen LogP contribution in [0.3, 0.4) is 0 Å². The topological polar surface area (TPSA) is 58.1 Å². The van der Waals surface area contributed by atoms with Crippen molar-refractivity contribution in [2.24, 2.45) is 0 Å². The minimum atomic E-state index is 0. The minimum Gasteiger partial charge on any atom is -1.00 e. The molecule has 0 saturated carbocycles. The summed E-state index contributed by atoms with van der Waals surface area (Å²) in [5, 5.41) is 18.5. The molecule has 198 valence electrons. The average molecular weight is 640 g/mol. The lowest BCUT2D eigenvalue weighted by molar-refractivity contribution is -0.688. The van der Waals surface area contributed by atoms with Gasteiger partial charge in [0.1, 0.15) is 51.0 Å². The number of aliphatic hydroxyl groups excluding tert-OH is 2. The summed E-state index contributed by atoms with van der Waals surface area (Å²) < 4.78 is 8.79. The van der Waals surface area contributed by atoms with Gasteiger partial charge in [-0.2, -0.15) is 0 Å². The standard InChI is InChI=1S/C30H32N4O2.2BrH/c35-21-27-9-5-25(6-10-27)17-31-13-15-33(23-31)19-29-3-1-2-4-30(29)20-34-16-14-32(24-34)18-26-7-11-28(22-36)12-8-26;;/h1-16,23-24,35-36H,17-22H2;2*1H/q+2;;/p-2. The van der Waals surface area contributed by atoms with Gasteiger partial charge >= 0.3 is 0 Å². The highest BCUT2D eigenvalue weighted by Crippen LogP contribution is 2.13. The molecule has 0 atom stereocenters. The number of imidazole rings is 2. The van der Waals surface area contributed by atoms with E-state index in [1.807, 2.05) is 24.3 Å². The third-order valence-electron chi connectivity index (χ3n) is 6.46. The van der Waals surface area contributed by atoms with Crippen molar-refractivity contribution in [1.82, 2.24) is 9.13 Å². The van der Waals surface area contributed by atoms with E-state index in [1.54, 1.807) is 0 Å². The van der Waals surface area contributed by atoms with E-state index in [1.165, 1.54) is 22.3 Å². The number of benzene rings is 3. The third kappa shape index (κ3) is 7.74. The van der Waals surface area contributed by atoms with Crippen LogP contribution in [0, 0.1) is 0 Å². The number of hydrogen-bond acceptors (Lipinski definition) is 2. The van der Waals surface area contributed by atoms with Gasteiger partial charge in [0, 0.05) is 11.1 Å². The summed E-state index contributed by atoms with van der Waals surface area (Å²) in [4.78, 5) is 0. The van der Waals surface area contributed by atoms with Crippen LogP contribution in [-0.2, 0) is 39.4 Å². The number of rotatable bonds is 10. The second kappa shape index (κ2) is 14.2. The highest BCUT2D eigenvalue weighted by atomic mass is 79.9. The molecule has 0 amide bonds. The van der Waals surface area contributed by atoms with Crippen LogP contribution in [0.4, 0.5) is 0 Å². The zero-order valence-corrected chi connectivity index (χ0v) is 24.2. The zero-order valence-electron chi connectivity index (χ0n) is 21.1. The second-order valence-electron chi connectivity index (χ2n) is 9.23. The quantitative estimate of drug-likeness (QED) is 0.161. The highest BCUT2D eigenvalue weighted by Gasteiger charge is 2.12. The fraction of sp³-hybridized carbons (Fsp3) is 0.200. The molecule has 2 aromatic heterocycles. The maximum atomic E-state index is 9.24. The molecule has 5 aromatic rings. The van der Waals surface area contributed by atoms with Crippen molar-refractivity contribution in [3.8, 4) is 0 Å². The van der Waals surface area contributed by atoms with Crippen molar-refractivity contribution < 1.29 is 53.3 Å². The van der Waals surface area contributed by atoms with E-state index in [0.717, 1.165) is 37.3 Å². The van der Waals surface area contributed by atoms with Gasteiger partial charge in [-0.05, 0) is 22.3 Å². The van der Waals surface area contributed by atoms with Crippen LogP contribution >= 0.6 is 0 Å². The van der Waals surface area contributed by atoms with Crippen molar-refractivity contribution >= 4 is 0 Å². The van der Waals surface area contributed by atoms with E-state index in [-0.39, 0.29) is 47.2 Å². The molecule has 8 heteroatoms. The number of hydrogen-bond donors (Lipinski definition) is 2. The first kappa shape index (κ1) is 29.5. The first-order chi connectivity index (χ1) is 17.7. The van der Waals surface area contributed by atoms with Gasteiger partial charge < -0.3 is 44.2 Å². The lowest BCUT2D eigenvalue weighted by atomic mass is 10.1. The minimum absolute atomic E-state index is 0. The molecule has 6 nitrogen and oxygen atoms in total.